The quantitative estimate of drug-likeness (QED) is 0.774. The molecule has 1 aliphatic rings. The van der Waals surface area contributed by atoms with Crippen LogP contribution in [-0.2, 0) is 9.53 Å². The van der Waals surface area contributed by atoms with Gasteiger partial charge in [0.25, 0.3) is 0 Å². The lowest BCUT2D eigenvalue weighted by atomic mass is 9.99. The van der Waals surface area contributed by atoms with E-state index in [0.717, 1.165) is 5.69 Å². The van der Waals surface area contributed by atoms with Crippen molar-refractivity contribution in [3.8, 4) is 0 Å². The minimum Gasteiger partial charge on any atom is -0.456 e. The highest BCUT2D eigenvalue weighted by Gasteiger charge is 2.33. The third-order valence-corrected chi connectivity index (χ3v) is 2.92. The first kappa shape index (κ1) is 14.4. The van der Waals surface area contributed by atoms with Gasteiger partial charge < -0.3 is 15.4 Å². The van der Waals surface area contributed by atoms with Gasteiger partial charge in [-0.25, -0.2) is 4.79 Å². The first-order valence-electron chi connectivity index (χ1n) is 6.55. The topological polar surface area (TPSA) is 67.4 Å². The van der Waals surface area contributed by atoms with Gasteiger partial charge in [0.15, 0.2) is 0 Å². The molecular weight excluding hydrogens is 256 g/mol. The summed E-state index contributed by atoms with van der Waals surface area (Å²) in [6.07, 6.45) is 0. The van der Waals surface area contributed by atoms with Crippen LogP contribution in [0.5, 0.6) is 0 Å². The van der Waals surface area contributed by atoms with E-state index in [1.165, 1.54) is 0 Å². The van der Waals surface area contributed by atoms with E-state index >= 15 is 0 Å². The summed E-state index contributed by atoms with van der Waals surface area (Å²) in [5.74, 6) is -0.536. The first-order chi connectivity index (χ1) is 9.08. The number of hydrogen-bond acceptors (Lipinski definition) is 4. The molecule has 2 rings (SSSR count). The number of amides is 1. The van der Waals surface area contributed by atoms with E-state index in [0.29, 0.717) is 11.3 Å². The van der Waals surface area contributed by atoms with E-state index in [-0.39, 0.29) is 5.91 Å². The van der Waals surface area contributed by atoms with Crippen molar-refractivity contribution in [1.29, 1.82) is 0 Å². The second-order valence-electron chi connectivity index (χ2n) is 6.47. The largest absolute Gasteiger partial charge is 0.456 e. The van der Waals surface area contributed by atoms with Crippen molar-refractivity contribution in [3.05, 3.63) is 23.8 Å². The number of nitrogens with one attached hydrogen (secondary N) is 2. The number of anilines is 2. The van der Waals surface area contributed by atoms with Gasteiger partial charge in [0.1, 0.15) is 11.1 Å². The molecule has 20 heavy (non-hydrogen) atoms. The zero-order valence-corrected chi connectivity index (χ0v) is 12.5. The Hall–Kier alpha value is -2.04. The zero-order valence-electron chi connectivity index (χ0n) is 12.5. The van der Waals surface area contributed by atoms with Crippen LogP contribution < -0.4 is 10.6 Å². The second kappa shape index (κ2) is 4.51. The Labute approximate surface area is 118 Å². The Bertz CT molecular complexity index is 571. The van der Waals surface area contributed by atoms with Crippen LogP contribution >= 0.6 is 0 Å². The molecule has 1 aromatic rings. The van der Waals surface area contributed by atoms with Crippen LogP contribution in [0.4, 0.5) is 11.4 Å². The third kappa shape index (κ3) is 2.92. The predicted molar refractivity (Wildman–Crippen MR) is 77.9 cm³/mol. The number of ether oxygens (including phenoxy) is 1. The van der Waals surface area contributed by atoms with Crippen LogP contribution in [0.25, 0.3) is 0 Å². The maximum Gasteiger partial charge on any atom is 0.338 e. The number of rotatable bonds is 1. The molecule has 1 aromatic carbocycles. The van der Waals surface area contributed by atoms with E-state index in [1.54, 1.807) is 32.0 Å². The standard InChI is InChI=1S/C15H20N2O3/c1-14(2,3)20-12(18)9-6-7-10-11(8-9)16-13(19)15(4,5)17-10/h6-8,17H,1-5H3,(H,16,19). The molecule has 0 radical (unpaired) electrons. The van der Waals surface area contributed by atoms with Gasteiger partial charge in [0, 0.05) is 0 Å². The van der Waals surface area contributed by atoms with E-state index in [2.05, 4.69) is 10.6 Å². The summed E-state index contributed by atoms with van der Waals surface area (Å²) in [6.45, 7) is 9.04. The van der Waals surface area contributed by atoms with Crippen LogP contribution in [-0.4, -0.2) is 23.0 Å². The maximum absolute atomic E-state index is 12.0. The molecule has 0 saturated carbocycles. The highest BCUT2D eigenvalue weighted by molar-refractivity contribution is 6.06. The molecule has 0 saturated heterocycles. The van der Waals surface area contributed by atoms with Crippen LogP contribution in [0.1, 0.15) is 45.0 Å². The van der Waals surface area contributed by atoms with Crippen molar-refractivity contribution >= 4 is 23.3 Å². The molecule has 0 unspecified atom stereocenters. The van der Waals surface area contributed by atoms with Gasteiger partial charge in [-0.05, 0) is 52.8 Å². The zero-order chi connectivity index (χ0) is 15.1. The fraction of sp³-hybridized carbons (Fsp3) is 0.467. The SMILES string of the molecule is CC(C)(C)OC(=O)c1ccc2c(c1)NC(=O)C(C)(C)N2. The Morgan fingerprint density at radius 2 is 1.85 bits per heavy atom. The second-order valence-corrected chi connectivity index (χ2v) is 6.47. The fourth-order valence-corrected chi connectivity index (χ4v) is 1.89. The molecule has 0 aromatic heterocycles. The van der Waals surface area contributed by atoms with Gasteiger partial charge in [0.05, 0.1) is 16.9 Å². The van der Waals surface area contributed by atoms with Gasteiger partial charge in [-0.3, -0.25) is 4.79 Å². The average molecular weight is 276 g/mol. The molecular formula is C15H20N2O3. The van der Waals surface area contributed by atoms with Crippen LogP contribution in [0.3, 0.4) is 0 Å². The van der Waals surface area contributed by atoms with E-state index in [9.17, 15) is 9.59 Å². The number of hydrogen-bond donors (Lipinski definition) is 2. The van der Waals surface area contributed by atoms with Crippen LogP contribution in [0, 0.1) is 0 Å². The summed E-state index contributed by atoms with van der Waals surface area (Å²) in [6, 6.07) is 5.09. The molecule has 1 heterocycles. The highest BCUT2D eigenvalue weighted by Crippen LogP contribution is 2.31. The number of esters is 1. The van der Waals surface area contributed by atoms with Crippen LogP contribution in [0.15, 0.2) is 18.2 Å². The van der Waals surface area contributed by atoms with Gasteiger partial charge in [-0.1, -0.05) is 0 Å². The Morgan fingerprint density at radius 1 is 1.20 bits per heavy atom. The molecule has 1 aliphatic heterocycles. The van der Waals surface area contributed by atoms with Gasteiger partial charge in [0.2, 0.25) is 5.91 Å². The fourth-order valence-electron chi connectivity index (χ4n) is 1.89. The molecule has 0 spiro atoms. The van der Waals surface area contributed by atoms with Crippen molar-refractivity contribution in [2.75, 3.05) is 10.6 Å². The van der Waals surface area contributed by atoms with Gasteiger partial charge in [-0.15, -0.1) is 0 Å². The van der Waals surface area contributed by atoms with Crippen molar-refractivity contribution in [1.82, 2.24) is 0 Å². The summed E-state index contributed by atoms with van der Waals surface area (Å²) in [5.41, 5.74) is 0.594. The van der Waals surface area contributed by atoms with E-state index in [4.69, 9.17) is 4.74 Å². The molecule has 0 fully saturated rings. The van der Waals surface area contributed by atoms with Gasteiger partial charge >= 0.3 is 5.97 Å². The summed E-state index contributed by atoms with van der Waals surface area (Å²) in [4.78, 5) is 23.9. The summed E-state index contributed by atoms with van der Waals surface area (Å²) in [5, 5.41) is 5.94. The number of benzene rings is 1. The summed E-state index contributed by atoms with van der Waals surface area (Å²) in [7, 11) is 0. The van der Waals surface area contributed by atoms with E-state index < -0.39 is 17.1 Å². The molecule has 0 atom stereocenters. The Kier molecular flexibility index (Phi) is 3.24. The van der Waals surface area contributed by atoms with E-state index in [1.807, 2.05) is 20.8 Å². The third-order valence-electron chi connectivity index (χ3n) is 2.92. The van der Waals surface area contributed by atoms with Crippen molar-refractivity contribution in [3.63, 3.8) is 0 Å². The lowest BCUT2D eigenvalue weighted by Gasteiger charge is -2.33. The Morgan fingerprint density at radius 3 is 2.45 bits per heavy atom. The molecule has 1 amide bonds. The smallest absolute Gasteiger partial charge is 0.338 e. The lowest BCUT2D eigenvalue weighted by Crippen LogP contribution is -2.47. The van der Waals surface area contributed by atoms with Crippen LogP contribution in [0.2, 0.25) is 0 Å². The van der Waals surface area contributed by atoms with Gasteiger partial charge in [-0.2, -0.15) is 0 Å². The van der Waals surface area contributed by atoms with Crippen molar-refractivity contribution in [2.45, 2.75) is 45.8 Å². The first-order valence-corrected chi connectivity index (χ1v) is 6.55. The van der Waals surface area contributed by atoms with Crippen molar-refractivity contribution < 1.29 is 14.3 Å². The minimum absolute atomic E-state index is 0.133. The average Bonchev–Trinajstić information content (AvgIpc) is 2.27. The van der Waals surface area contributed by atoms with Crippen molar-refractivity contribution in [2.24, 2.45) is 0 Å². The molecule has 5 nitrogen and oxygen atoms in total. The molecule has 0 aliphatic carbocycles. The summed E-state index contributed by atoms with van der Waals surface area (Å²) < 4.78 is 5.31. The number of carbonyl (C=O) groups excluding carboxylic acids is 2. The number of fused-ring (bicyclic) bond motifs is 1. The molecule has 2 N–H and O–H groups in total. The molecule has 5 heteroatoms. The molecule has 0 bridgehead atoms. The Balaban J connectivity index is 2.28. The normalized spacial score (nSPS) is 16.8. The summed E-state index contributed by atoms with van der Waals surface area (Å²) >= 11 is 0. The number of carbonyl (C=O) groups is 2. The minimum atomic E-state index is -0.666. The monoisotopic (exact) mass is 276 g/mol. The maximum atomic E-state index is 12.0. The lowest BCUT2D eigenvalue weighted by molar-refractivity contribution is -0.119. The molecule has 108 valence electrons. The predicted octanol–water partition coefficient (Wildman–Crippen LogP) is 2.78. The highest BCUT2D eigenvalue weighted by atomic mass is 16.6.